The van der Waals surface area contributed by atoms with Gasteiger partial charge < -0.3 is 10.2 Å². The van der Waals surface area contributed by atoms with Crippen LogP contribution in [0, 0.1) is 5.92 Å². The van der Waals surface area contributed by atoms with Crippen molar-refractivity contribution in [1.82, 2.24) is 0 Å². The molecule has 0 aromatic heterocycles. The van der Waals surface area contributed by atoms with E-state index in [9.17, 15) is 9.90 Å². The molecule has 17 heavy (non-hydrogen) atoms. The predicted molar refractivity (Wildman–Crippen MR) is 67.7 cm³/mol. The molecule has 0 unspecified atom stereocenters. The smallest absolute Gasteiger partial charge is 0.197 e. The third kappa shape index (κ3) is 3.86. The van der Waals surface area contributed by atoms with Gasteiger partial charge in [-0.2, -0.15) is 0 Å². The number of carbonyl (C=O) groups is 1. The number of hydrogen-bond acceptors (Lipinski definition) is 3. The summed E-state index contributed by atoms with van der Waals surface area (Å²) in [6, 6.07) is 0. The highest BCUT2D eigenvalue weighted by Gasteiger charge is 2.25. The van der Waals surface area contributed by atoms with Gasteiger partial charge in [-0.1, -0.05) is 37.6 Å². The Labute approximate surface area is 102 Å². The molecule has 0 saturated carbocycles. The summed E-state index contributed by atoms with van der Waals surface area (Å²) in [6.07, 6.45) is 11.1. The quantitative estimate of drug-likeness (QED) is 0.721. The van der Waals surface area contributed by atoms with Gasteiger partial charge in [-0.05, 0) is 12.8 Å². The summed E-state index contributed by atoms with van der Waals surface area (Å²) in [7, 11) is 0. The summed E-state index contributed by atoms with van der Waals surface area (Å²) < 4.78 is 0. The van der Waals surface area contributed by atoms with Crippen LogP contribution in [0.15, 0.2) is 35.6 Å². The number of aliphatic hydroxyl groups excluding tert-OH is 2. The van der Waals surface area contributed by atoms with Gasteiger partial charge in [0.05, 0.1) is 6.61 Å². The molecule has 0 fully saturated rings. The first-order valence-electron chi connectivity index (χ1n) is 6.10. The van der Waals surface area contributed by atoms with Crippen molar-refractivity contribution in [2.24, 2.45) is 5.92 Å². The summed E-state index contributed by atoms with van der Waals surface area (Å²) in [5, 5.41) is 18.7. The maximum atomic E-state index is 11.3. The number of allylic oxidation sites excluding steroid dienone is 5. The molecule has 0 bridgehead atoms. The van der Waals surface area contributed by atoms with E-state index in [1.165, 1.54) is 0 Å². The lowest BCUT2D eigenvalue weighted by Gasteiger charge is -2.21. The van der Waals surface area contributed by atoms with E-state index >= 15 is 0 Å². The van der Waals surface area contributed by atoms with Gasteiger partial charge in [0.2, 0.25) is 0 Å². The maximum Gasteiger partial charge on any atom is 0.197 e. The zero-order chi connectivity index (χ0) is 12.7. The molecular formula is C14H20O3. The van der Waals surface area contributed by atoms with Crippen LogP contribution in [0.1, 0.15) is 32.6 Å². The molecule has 94 valence electrons. The standard InChI is InChI=1S/C14H20O3/c1-2-3-4-5-6-7-11-8-9-13(16)14(17)12(11)10-15/h4-7,11,15,17H,2-3,8-10H2,1H3/b5-4+,7-6+/t11-/m1/s1. The molecular weight excluding hydrogens is 216 g/mol. The molecule has 0 radical (unpaired) electrons. The predicted octanol–water partition coefficient (Wildman–Crippen LogP) is 2.68. The molecule has 0 heterocycles. The highest BCUT2D eigenvalue weighted by molar-refractivity contribution is 5.94. The van der Waals surface area contributed by atoms with Crippen molar-refractivity contribution in [3.05, 3.63) is 35.6 Å². The lowest BCUT2D eigenvalue weighted by atomic mass is 9.86. The number of aliphatic hydroxyl groups is 2. The molecule has 2 N–H and O–H groups in total. The molecule has 0 aliphatic heterocycles. The zero-order valence-electron chi connectivity index (χ0n) is 10.2. The second-order valence-electron chi connectivity index (χ2n) is 4.20. The zero-order valence-corrected chi connectivity index (χ0v) is 10.2. The Bertz CT molecular complexity index is 350. The van der Waals surface area contributed by atoms with Crippen molar-refractivity contribution in [3.63, 3.8) is 0 Å². The Balaban J connectivity index is 2.68. The van der Waals surface area contributed by atoms with E-state index in [2.05, 4.69) is 13.0 Å². The number of carbonyl (C=O) groups excluding carboxylic acids is 1. The van der Waals surface area contributed by atoms with Crippen molar-refractivity contribution in [3.8, 4) is 0 Å². The van der Waals surface area contributed by atoms with E-state index in [1.807, 2.05) is 18.2 Å². The molecule has 0 aromatic rings. The van der Waals surface area contributed by atoms with Crippen LogP contribution in [-0.4, -0.2) is 22.6 Å². The summed E-state index contributed by atoms with van der Waals surface area (Å²) in [6.45, 7) is 1.86. The fraction of sp³-hybridized carbons (Fsp3) is 0.500. The third-order valence-corrected chi connectivity index (χ3v) is 2.91. The van der Waals surface area contributed by atoms with Gasteiger partial charge in [-0.25, -0.2) is 0 Å². The molecule has 0 amide bonds. The SMILES string of the molecule is CCC/C=C/C=C/[C@@H]1CCC(=O)C(O)=C1CO. The molecule has 0 saturated heterocycles. The maximum absolute atomic E-state index is 11.3. The number of ketones is 1. The first kappa shape index (κ1) is 13.7. The van der Waals surface area contributed by atoms with Gasteiger partial charge in [-0.3, -0.25) is 4.79 Å². The minimum absolute atomic E-state index is 0.0241. The molecule has 1 rings (SSSR count). The van der Waals surface area contributed by atoms with Crippen LogP contribution in [0.3, 0.4) is 0 Å². The largest absolute Gasteiger partial charge is 0.504 e. The van der Waals surface area contributed by atoms with Crippen LogP contribution in [0.5, 0.6) is 0 Å². The average Bonchev–Trinajstić information content (AvgIpc) is 2.33. The van der Waals surface area contributed by atoms with E-state index in [0.29, 0.717) is 18.4 Å². The van der Waals surface area contributed by atoms with E-state index in [0.717, 1.165) is 12.8 Å². The summed E-state index contributed by atoms with van der Waals surface area (Å²) in [4.78, 5) is 11.3. The van der Waals surface area contributed by atoms with E-state index in [1.54, 1.807) is 0 Å². The van der Waals surface area contributed by atoms with Crippen LogP contribution < -0.4 is 0 Å². The van der Waals surface area contributed by atoms with E-state index in [4.69, 9.17) is 5.11 Å². The Kier molecular flexibility index (Phi) is 5.70. The first-order chi connectivity index (χ1) is 8.20. The van der Waals surface area contributed by atoms with Gasteiger partial charge in [0.1, 0.15) is 0 Å². The van der Waals surface area contributed by atoms with Gasteiger partial charge >= 0.3 is 0 Å². The third-order valence-electron chi connectivity index (χ3n) is 2.91. The molecule has 3 nitrogen and oxygen atoms in total. The Hall–Kier alpha value is -1.35. The monoisotopic (exact) mass is 236 g/mol. The average molecular weight is 236 g/mol. The summed E-state index contributed by atoms with van der Waals surface area (Å²) in [5.41, 5.74) is 0.446. The topological polar surface area (TPSA) is 57.5 Å². The Morgan fingerprint density at radius 3 is 2.82 bits per heavy atom. The number of Topliss-reactive ketones (excluding diaryl/α,β-unsaturated/α-hetero) is 1. The number of rotatable bonds is 5. The second-order valence-corrected chi connectivity index (χ2v) is 4.20. The minimum atomic E-state index is -0.264. The Morgan fingerprint density at radius 2 is 2.18 bits per heavy atom. The molecule has 1 aliphatic rings. The van der Waals surface area contributed by atoms with Gasteiger partial charge in [0.25, 0.3) is 0 Å². The first-order valence-corrected chi connectivity index (χ1v) is 6.10. The highest BCUT2D eigenvalue weighted by Crippen LogP contribution is 2.27. The lowest BCUT2D eigenvalue weighted by molar-refractivity contribution is -0.118. The van der Waals surface area contributed by atoms with Crippen molar-refractivity contribution in [2.45, 2.75) is 32.6 Å². The molecule has 1 atom stereocenters. The van der Waals surface area contributed by atoms with Gasteiger partial charge in [-0.15, -0.1) is 0 Å². The normalized spacial score (nSPS) is 22.0. The number of unbranched alkanes of at least 4 members (excludes halogenated alkanes) is 1. The fourth-order valence-electron chi connectivity index (χ4n) is 1.88. The molecule has 3 heteroatoms. The number of hydrogen-bond donors (Lipinski definition) is 2. The van der Waals surface area contributed by atoms with Crippen LogP contribution in [-0.2, 0) is 4.79 Å². The lowest BCUT2D eigenvalue weighted by Crippen LogP contribution is -2.20. The van der Waals surface area contributed by atoms with Gasteiger partial charge in [0.15, 0.2) is 11.5 Å². The second kappa shape index (κ2) is 7.07. The minimum Gasteiger partial charge on any atom is -0.504 e. The summed E-state index contributed by atoms with van der Waals surface area (Å²) >= 11 is 0. The highest BCUT2D eigenvalue weighted by atomic mass is 16.3. The molecule has 0 aromatic carbocycles. The van der Waals surface area contributed by atoms with Crippen molar-refractivity contribution in [1.29, 1.82) is 0 Å². The van der Waals surface area contributed by atoms with Crippen LogP contribution in [0.2, 0.25) is 0 Å². The van der Waals surface area contributed by atoms with Crippen LogP contribution in [0.25, 0.3) is 0 Å². The van der Waals surface area contributed by atoms with Gasteiger partial charge in [0, 0.05) is 17.9 Å². The van der Waals surface area contributed by atoms with Crippen LogP contribution in [0.4, 0.5) is 0 Å². The van der Waals surface area contributed by atoms with Crippen molar-refractivity contribution in [2.75, 3.05) is 6.61 Å². The Morgan fingerprint density at radius 1 is 1.41 bits per heavy atom. The van der Waals surface area contributed by atoms with E-state index in [-0.39, 0.29) is 24.1 Å². The van der Waals surface area contributed by atoms with E-state index < -0.39 is 0 Å². The summed E-state index contributed by atoms with van der Waals surface area (Å²) in [5.74, 6) is -0.532. The van der Waals surface area contributed by atoms with Crippen LogP contribution >= 0.6 is 0 Å². The van der Waals surface area contributed by atoms with Crippen molar-refractivity contribution < 1.29 is 15.0 Å². The molecule has 1 aliphatic carbocycles. The van der Waals surface area contributed by atoms with Crippen molar-refractivity contribution >= 4 is 5.78 Å². The molecule has 0 spiro atoms. The fourth-order valence-corrected chi connectivity index (χ4v) is 1.88.